The van der Waals surface area contributed by atoms with E-state index >= 15 is 0 Å². The van der Waals surface area contributed by atoms with Crippen LogP contribution in [0.25, 0.3) is 11.3 Å². The summed E-state index contributed by atoms with van der Waals surface area (Å²) >= 11 is 3.42. The van der Waals surface area contributed by atoms with Crippen LogP contribution in [0.2, 0.25) is 0 Å². The maximum atomic E-state index is 12.2. The van der Waals surface area contributed by atoms with Gasteiger partial charge in [0.05, 0.1) is 17.0 Å². The number of halogens is 1. The first kappa shape index (κ1) is 14.3. The Balaban J connectivity index is 2.26. The van der Waals surface area contributed by atoms with E-state index in [9.17, 15) is 4.79 Å². The number of amides is 1. The molecule has 1 heterocycles. The van der Waals surface area contributed by atoms with Gasteiger partial charge < -0.3 is 4.90 Å². The van der Waals surface area contributed by atoms with Gasteiger partial charge in [-0.15, -0.1) is 0 Å². The number of nitrogens with zero attached hydrogens (tertiary/aromatic N) is 3. The molecule has 0 unspecified atom stereocenters. The Labute approximate surface area is 125 Å². The smallest absolute Gasteiger partial charge is 0.272 e. The minimum atomic E-state index is -0.193. The Morgan fingerprint density at radius 1 is 1.45 bits per heavy atom. The van der Waals surface area contributed by atoms with E-state index in [0.717, 1.165) is 5.56 Å². The molecule has 1 aromatic carbocycles. The van der Waals surface area contributed by atoms with Crippen molar-refractivity contribution in [2.45, 2.75) is 6.42 Å². The zero-order valence-electron chi connectivity index (χ0n) is 10.9. The molecule has 1 amide bonds. The van der Waals surface area contributed by atoms with E-state index < -0.39 is 0 Å². The number of hydrogen-bond donors (Lipinski definition) is 1. The fourth-order valence-corrected chi connectivity index (χ4v) is 2.34. The number of rotatable bonds is 4. The van der Waals surface area contributed by atoms with Crippen molar-refractivity contribution < 1.29 is 4.79 Å². The molecular weight excluding hydrogens is 320 g/mol. The van der Waals surface area contributed by atoms with Gasteiger partial charge in [0.25, 0.3) is 5.91 Å². The number of aromatic nitrogens is 2. The van der Waals surface area contributed by atoms with Gasteiger partial charge in [0.15, 0.2) is 0 Å². The zero-order chi connectivity index (χ0) is 14.5. The molecular formula is C14H13BrN4O. The summed E-state index contributed by atoms with van der Waals surface area (Å²) in [6.07, 6.45) is 0.305. The number of carbonyl (C=O) groups excluding carboxylic acids is 1. The first-order valence-corrected chi connectivity index (χ1v) is 6.86. The Bertz CT molecular complexity index is 645. The molecule has 0 aliphatic rings. The predicted molar refractivity (Wildman–Crippen MR) is 78.9 cm³/mol. The SMILES string of the molecule is CN(CCC#N)C(=O)c1[nH]nc(-c2ccccc2)c1Br. The van der Waals surface area contributed by atoms with Crippen molar-refractivity contribution in [3.8, 4) is 17.3 Å². The lowest BCUT2D eigenvalue weighted by atomic mass is 10.1. The van der Waals surface area contributed by atoms with Gasteiger partial charge in [0.2, 0.25) is 0 Å². The molecule has 2 aromatic rings. The van der Waals surface area contributed by atoms with Gasteiger partial charge in [0.1, 0.15) is 11.4 Å². The molecule has 0 saturated carbocycles. The Hall–Kier alpha value is -2.13. The third-order valence-electron chi connectivity index (χ3n) is 2.87. The molecule has 0 saturated heterocycles. The summed E-state index contributed by atoms with van der Waals surface area (Å²) in [5.74, 6) is -0.193. The molecule has 5 nitrogen and oxygen atoms in total. The molecule has 0 fully saturated rings. The largest absolute Gasteiger partial charge is 0.339 e. The molecule has 1 N–H and O–H groups in total. The second kappa shape index (κ2) is 6.35. The molecule has 6 heteroatoms. The van der Waals surface area contributed by atoms with Crippen molar-refractivity contribution in [1.82, 2.24) is 15.1 Å². The number of carbonyl (C=O) groups is 1. The molecule has 0 bridgehead atoms. The second-order valence-electron chi connectivity index (χ2n) is 4.26. The molecule has 0 aliphatic carbocycles. The first-order chi connectivity index (χ1) is 9.65. The van der Waals surface area contributed by atoms with Crippen LogP contribution < -0.4 is 0 Å². The highest BCUT2D eigenvalue weighted by molar-refractivity contribution is 9.10. The van der Waals surface area contributed by atoms with Crippen LogP contribution in [0.3, 0.4) is 0 Å². The van der Waals surface area contributed by atoms with E-state index in [4.69, 9.17) is 5.26 Å². The Kier molecular flexibility index (Phi) is 4.53. The summed E-state index contributed by atoms with van der Waals surface area (Å²) < 4.78 is 0.637. The number of aromatic amines is 1. The summed E-state index contributed by atoms with van der Waals surface area (Å²) in [5.41, 5.74) is 2.02. The monoisotopic (exact) mass is 332 g/mol. The van der Waals surface area contributed by atoms with Crippen LogP contribution in [0.15, 0.2) is 34.8 Å². The molecule has 0 atom stereocenters. The number of nitriles is 1. The van der Waals surface area contributed by atoms with Crippen LogP contribution in [0.5, 0.6) is 0 Å². The van der Waals surface area contributed by atoms with Crippen LogP contribution >= 0.6 is 15.9 Å². The van der Waals surface area contributed by atoms with E-state index in [-0.39, 0.29) is 5.91 Å². The quantitative estimate of drug-likeness (QED) is 0.935. The van der Waals surface area contributed by atoms with E-state index in [1.807, 2.05) is 36.4 Å². The molecule has 102 valence electrons. The van der Waals surface area contributed by atoms with Crippen LogP contribution in [0.4, 0.5) is 0 Å². The highest BCUT2D eigenvalue weighted by atomic mass is 79.9. The highest BCUT2D eigenvalue weighted by Crippen LogP contribution is 2.29. The molecule has 2 rings (SSSR count). The van der Waals surface area contributed by atoms with Crippen molar-refractivity contribution >= 4 is 21.8 Å². The number of H-pyrrole nitrogens is 1. The van der Waals surface area contributed by atoms with Crippen molar-refractivity contribution in [2.75, 3.05) is 13.6 Å². The fourth-order valence-electron chi connectivity index (χ4n) is 1.77. The topological polar surface area (TPSA) is 72.8 Å². The van der Waals surface area contributed by atoms with Gasteiger partial charge in [-0.3, -0.25) is 9.89 Å². The standard InChI is InChI=1S/C14H13BrN4O/c1-19(9-5-8-16)14(20)13-11(15)12(17-18-13)10-6-3-2-4-7-10/h2-4,6-7H,5,9H2,1H3,(H,17,18). The lowest BCUT2D eigenvalue weighted by Crippen LogP contribution is -2.28. The van der Waals surface area contributed by atoms with Crippen molar-refractivity contribution in [3.63, 3.8) is 0 Å². The molecule has 1 aromatic heterocycles. The fraction of sp³-hybridized carbons (Fsp3) is 0.214. The molecule has 0 radical (unpaired) electrons. The summed E-state index contributed by atoms with van der Waals surface area (Å²) in [6, 6.07) is 11.6. The van der Waals surface area contributed by atoms with Gasteiger partial charge in [-0.25, -0.2) is 0 Å². The van der Waals surface area contributed by atoms with E-state index in [0.29, 0.717) is 28.8 Å². The lowest BCUT2D eigenvalue weighted by Gasteiger charge is -2.14. The lowest BCUT2D eigenvalue weighted by molar-refractivity contribution is 0.0791. The normalized spacial score (nSPS) is 10.1. The van der Waals surface area contributed by atoms with Gasteiger partial charge in [-0.1, -0.05) is 30.3 Å². The average molecular weight is 333 g/mol. The van der Waals surface area contributed by atoms with Gasteiger partial charge in [-0.05, 0) is 15.9 Å². The average Bonchev–Trinajstić information content (AvgIpc) is 2.86. The third-order valence-corrected chi connectivity index (χ3v) is 3.65. The molecule has 20 heavy (non-hydrogen) atoms. The van der Waals surface area contributed by atoms with E-state index in [1.54, 1.807) is 7.05 Å². The summed E-state index contributed by atoms with van der Waals surface area (Å²) in [6.45, 7) is 0.390. The van der Waals surface area contributed by atoms with Crippen LogP contribution in [-0.2, 0) is 0 Å². The number of hydrogen-bond acceptors (Lipinski definition) is 3. The Morgan fingerprint density at radius 2 is 2.15 bits per heavy atom. The first-order valence-electron chi connectivity index (χ1n) is 6.07. The van der Waals surface area contributed by atoms with Crippen molar-refractivity contribution in [2.24, 2.45) is 0 Å². The third kappa shape index (κ3) is 2.89. The van der Waals surface area contributed by atoms with E-state index in [2.05, 4.69) is 26.1 Å². The molecule has 0 spiro atoms. The van der Waals surface area contributed by atoms with Crippen LogP contribution in [-0.4, -0.2) is 34.6 Å². The maximum absolute atomic E-state index is 12.2. The highest BCUT2D eigenvalue weighted by Gasteiger charge is 2.20. The van der Waals surface area contributed by atoms with Gasteiger partial charge >= 0.3 is 0 Å². The van der Waals surface area contributed by atoms with Crippen molar-refractivity contribution in [3.05, 3.63) is 40.5 Å². The van der Waals surface area contributed by atoms with Crippen LogP contribution in [0, 0.1) is 11.3 Å². The number of nitrogens with one attached hydrogen (secondary N) is 1. The number of benzene rings is 1. The zero-order valence-corrected chi connectivity index (χ0v) is 12.5. The summed E-state index contributed by atoms with van der Waals surface area (Å²) in [5, 5.41) is 15.5. The van der Waals surface area contributed by atoms with Gasteiger partial charge in [0, 0.05) is 19.2 Å². The summed E-state index contributed by atoms with van der Waals surface area (Å²) in [4.78, 5) is 13.7. The summed E-state index contributed by atoms with van der Waals surface area (Å²) in [7, 11) is 1.66. The predicted octanol–water partition coefficient (Wildman–Crippen LogP) is 2.82. The minimum absolute atomic E-state index is 0.193. The molecule has 0 aliphatic heterocycles. The Morgan fingerprint density at radius 3 is 2.80 bits per heavy atom. The van der Waals surface area contributed by atoms with Gasteiger partial charge in [-0.2, -0.15) is 10.4 Å². The second-order valence-corrected chi connectivity index (χ2v) is 5.06. The maximum Gasteiger partial charge on any atom is 0.272 e. The minimum Gasteiger partial charge on any atom is -0.339 e. The van der Waals surface area contributed by atoms with Crippen LogP contribution in [0.1, 0.15) is 16.9 Å². The van der Waals surface area contributed by atoms with E-state index in [1.165, 1.54) is 4.90 Å². The van der Waals surface area contributed by atoms with Crippen molar-refractivity contribution in [1.29, 1.82) is 5.26 Å².